The van der Waals surface area contributed by atoms with Crippen LogP contribution in [0.3, 0.4) is 0 Å². The van der Waals surface area contributed by atoms with Gasteiger partial charge in [-0.25, -0.2) is 9.59 Å². The Kier molecular flexibility index (Phi) is 5.10. The van der Waals surface area contributed by atoms with Gasteiger partial charge in [0.15, 0.2) is 0 Å². The molecule has 1 N–H and O–H groups in total. The molecule has 27 heavy (non-hydrogen) atoms. The topological polar surface area (TPSA) is 80.4 Å². The predicted octanol–water partition coefficient (Wildman–Crippen LogP) is 3.92. The lowest BCUT2D eigenvalue weighted by Crippen LogP contribution is -2.48. The van der Waals surface area contributed by atoms with E-state index >= 15 is 0 Å². The highest BCUT2D eigenvalue weighted by atomic mass is 16.4. The van der Waals surface area contributed by atoms with Crippen molar-refractivity contribution in [3.05, 3.63) is 58.6 Å². The molecule has 0 saturated carbocycles. The van der Waals surface area contributed by atoms with Crippen molar-refractivity contribution in [1.29, 1.82) is 0 Å². The minimum absolute atomic E-state index is 0.0283. The van der Waals surface area contributed by atoms with E-state index in [1.807, 2.05) is 18.2 Å². The fourth-order valence-corrected chi connectivity index (χ4v) is 3.57. The van der Waals surface area contributed by atoms with Gasteiger partial charge in [-0.15, -0.1) is 0 Å². The molecule has 0 unspecified atom stereocenters. The largest absolute Gasteiger partial charge is 0.478 e. The summed E-state index contributed by atoms with van der Waals surface area (Å²) in [6, 6.07) is 10.5. The van der Waals surface area contributed by atoms with Crippen LogP contribution in [0.2, 0.25) is 0 Å². The number of fused-ring (bicyclic) bond motifs is 1. The number of benzene rings is 1. The average Bonchev–Trinajstić information content (AvgIpc) is 2.69. The molecule has 0 saturated heterocycles. The van der Waals surface area contributed by atoms with E-state index in [9.17, 15) is 14.7 Å². The van der Waals surface area contributed by atoms with Gasteiger partial charge >= 0.3 is 11.6 Å². The number of aromatic nitrogens is 1. The first-order valence-electron chi connectivity index (χ1n) is 9.09. The Bertz CT molecular complexity index is 1040. The quantitative estimate of drug-likeness (QED) is 0.527. The second-order valence-electron chi connectivity index (χ2n) is 6.47. The highest BCUT2D eigenvalue weighted by Crippen LogP contribution is 2.29. The van der Waals surface area contributed by atoms with E-state index in [0.29, 0.717) is 5.58 Å². The van der Waals surface area contributed by atoms with Gasteiger partial charge in [0.1, 0.15) is 11.3 Å². The minimum Gasteiger partial charge on any atom is -0.478 e. The minimum atomic E-state index is -1.14. The summed E-state index contributed by atoms with van der Waals surface area (Å²) in [5.74, 6) is -1.14. The van der Waals surface area contributed by atoms with Crippen molar-refractivity contribution < 1.29 is 14.3 Å². The lowest BCUT2D eigenvalue weighted by atomic mass is 10.1. The van der Waals surface area contributed by atoms with E-state index in [4.69, 9.17) is 4.42 Å². The third-order valence-electron chi connectivity index (χ3n) is 5.38. The van der Waals surface area contributed by atoms with Crippen molar-refractivity contribution in [2.24, 2.45) is 0 Å². The number of hydrogen-bond donors (Lipinski definition) is 1. The van der Waals surface area contributed by atoms with Gasteiger partial charge in [-0.05, 0) is 51.1 Å². The van der Waals surface area contributed by atoms with E-state index in [1.165, 1.54) is 18.3 Å². The number of nitrogens with zero attached hydrogens (tertiary/aromatic N) is 2. The Labute approximate surface area is 157 Å². The maximum absolute atomic E-state index is 12.6. The summed E-state index contributed by atoms with van der Waals surface area (Å²) in [5.41, 5.74) is 1.23. The molecule has 6 nitrogen and oxygen atoms in total. The van der Waals surface area contributed by atoms with Crippen LogP contribution in [0.5, 0.6) is 0 Å². The number of aromatic carboxylic acids is 1. The molecule has 0 aliphatic carbocycles. The van der Waals surface area contributed by atoms with Gasteiger partial charge in [-0.3, -0.25) is 9.47 Å². The van der Waals surface area contributed by atoms with Crippen molar-refractivity contribution in [1.82, 2.24) is 9.47 Å². The van der Waals surface area contributed by atoms with Crippen LogP contribution in [-0.2, 0) is 0 Å². The average molecular weight is 367 g/mol. The number of carboxylic acids is 1. The first-order valence-corrected chi connectivity index (χ1v) is 9.09. The van der Waals surface area contributed by atoms with Gasteiger partial charge in [0, 0.05) is 17.6 Å². The predicted molar refractivity (Wildman–Crippen MR) is 106 cm³/mol. The smallest absolute Gasteiger partial charge is 0.345 e. The van der Waals surface area contributed by atoms with Crippen LogP contribution in [-0.4, -0.2) is 35.7 Å². The second-order valence-corrected chi connectivity index (χ2v) is 6.47. The molecule has 140 valence electrons. The SMILES string of the molecule is CC[N+](CC)(CC)c1ccc2cc(-c3ncccc3C(=O)O)c(=O)oc2c1. The molecule has 3 rings (SSSR count). The van der Waals surface area contributed by atoms with Gasteiger partial charge in [0.25, 0.3) is 0 Å². The molecule has 0 spiro atoms. The van der Waals surface area contributed by atoms with Crippen LogP contribution in [0.4, 0.5) is 5.69 Å². The molecule has 1 aromatic carbocycles. The van der Waals surface area contributed by atoms with Crippen LogP contribution in [0, 0.1) is 0 Å². The number of hydrogen-bond acceptors (Lipinski definition) is 4. The summed E-state index contributed by atoms with van der Waals surface area (Å²) in [6.45, 7) is 9.26. The Morgan fingerprint density at radius 1 is 1.11 bits per heavy atom. The number of rotatable bonds is 6. The highest BCUT2D eigenvalue weighted by molar-refractivity contribution is 5.95. The van der Waals surface area contributed by atoms with Crippen LogP contribution in [0.15, 0.2) is 51.8 Å². The van der Waals surface area contributed by atoms with E-state index in [-0.39, 0.29) is 16.8 Å². The number of carbonyl (C=O) groups is 1. The molecule has 2 heterocycles. The Morgan fingerprint density at radius 3 is 2.44 bits per heavy atom. The summed E-state index contributed by atoms with van der Waals surface area (Å²) < 4.78 is 6.35. The highest BCUT2D eigenvalue weighted by Gasteiger charge is 2.25. The lowest BCUT2D eigenvalue weighted by molar-refractivity contribution is 0.0697. The van der Waals surface area contributed by atoms with Crippen LogP contribution < -0.4 is 10.1 Å². The molecule has 0 aliphatic heterocycles. The fourth-order valence-electron chi connectivity index (χ4n) is 3.57. The normalized spacial score (nSPS) is 11.7. The first kappa shape index (κ1) is 18.8. The van der Waals surface area contributed by atoms with Crippen molar-refractivity contribution in [3.63, 3.8) is 0 Å². The molecular formula is C21H23N2O4+. The van der Waals surface area contributed by atoms with Crippen LogP contribution in [0.25, 0.3) is 22.2 Å². The molecule has 0 bridgehead atoms. The number of quaternary nitrogens is 1. The third kappa shape index (κ3) is 3.24. The number of carboxylic acid groups (broad SMARTS) is 1. The van der Waals surface area contributed by atoms with Crippen LogP contribution >= 0.6 is 0 Å². The molecule has 3 aromatic rings. The molecule has 0 fully saturated rings. The van der Waals surface area contributed by atoms with Crippen molar-refractivity contribution in [2.45, 2.75) is 20.8 Å². The summed E-state index contributed by atoms with van der Waals surface area (Å²) >= 11 is 0. The van der Waals surface area contributed by atoms with E-state index in [0.717, 1.165) is 35.2 Å². The summed E-state index contributed by atoms with van der Waals surface area (Å²) in [5, 5.41) is 10.1. The van der Waals surface area contributed by atoms with Crippen molar-refractivity contribution in [3.8, 4) is 11.3 Å². The second kappa shape index (κ2) is 7.32. The molecule has 0 radical (unpaired) electrons. The first-order chi connectivity index (χ1) is 13.0. The summed E-state index contributed by atoms with van der Waals surface area (Å²) in [6.07, 6.45) is 1.46. The Hall–Kier alpha value is -2.99. The maximum atomic E-state index is 12.6. The van der Waals surface area contributed by atoms with Gasteiger partial charge in [-0.1, -0.05) is 0 Å². The van der Waals surface area contributed by atoms with Gasteiger partial charge in [0.2, 0.25) is 0 Å². The van der Waals surface area contributed by atoms with Gasteiger partial charge in [0.05, 0.1) is 36.5 Å². The lowest BCUT2D eigenvalue weighted by Gasteiger charge is -2.35. The fraction of sp³-hybridized carbons (Fsp3) is 0.286. The standard InChI is InChI=1S/C21H22N2O4/c1-4-23(5-2,6-3)15-10-9-14-12-17(21(26)27-18(14)13-15)19-16(20(24)25)8-7-11-22-19/h7-13H,4-6H2,1-3H3/p+1. The van der Waals surface area contributed by atoms with Crippen molar-refractivity contribution >= 4 is 22.6 Å². The maximum Gasteiger partial charge on any atom is 0.345 e. The van der Waals surface area contributed by atoms with Gasteiger partial charge in [-0.2, -0.15) is 0 Å². The van der Waals surface area contributed by atoms with Crippen LogP contribution in [0.1, 0.15) is 31.1 Å². The zero-order valence-electron chi connectivity index (χ0n) is 15.7. The zero-order chi connectivity index (χ0) is 19.6. The molecule has 0 aliphatic rings. The zero-order valence-corrected chi connectivity index (χ0v) is 15.7. The van der Waals surface area contributed by atoms with Crippen molar-refractivity contribution in [2.75, 3.05) is 19.6 Å². The molecule has 6 heteroatoms. The molecule has 2 aromatic heterocycles. The number of pyridine rings is 1. The van der Waals surface area contributed by atoms with E-state index in [2.05, 4.69) is 25.8 Å². The summed E-state index contributed by atoms with van der Waals surface area (Å²) in [7, 11) is 0. The van der Waals surface area contributed by atoms with Gasteiger partial charge < -0.3 is 9.52 Å². The third-order valence-corrected chi connectivity index (χ3v) is 5.38. The van der Waals surface area contributed by atoms with E-state index in [1.54, 1.807) is 6.07 Å². The van der Waals surface area contributed by atoms with E-state index < -0.39 is 11.6 Å². The Morgan fingerprint density at radius 2 is 1.81 bits per heavy atom. The molecular weight excluding hydrogens is 344 g/mol. The Balaban J connectivity index is 2.19. The monoisotopic (exact) mass is 367 g/mol. The molecule has 0 amide bonds. The summed E-state index contributed by atoms with van der Waals surface area (Å²) in [4.78, 5) is 28.1. The molecule has 0 atom stereocenters.